The molecule has 4 rings (SSSR count). The number of aliphatic carboxylic acids is 1. The van der Waals surface area contributed by atoms with Gasteiger partial charge in [-0.1, -0.05) is 11.6 Å². The van der Waals surface area contributed by atoms with Gasteiger partial charge in [0.1, 0.15) is 28.9 Å². The molecule has 8 nitrogen and oxygen atoms in total. The molecule has 1 unspecified atom stereocenters. The number of sulfone groups is 1. The van der Waals surface area contributed by atoms with E-state index in [1.54, 1.807) is 0 Å². The molecule has 2 fully saturated rings. The van der Waals surface area contributed by atoms with Crippen LogP contribution < -0.4 is 5.32 Å². The summed E-state index contributed by atoms with van der Waals surface area (Å²) in [5, 5.41) is 11.3. The number of pyridine rings is 1. The van der Waals surface area contributed by atoms with Crippen molar-refractivity contribution in [2.45, 2.75) is 34.6 Å². The molecule has 2 aliphatic heterocycles. The maximum absolute atomic E-state index is 14.6. The number of halogens is 4. The second-order valence-corrected chi connectivity index (χ2v) is 11.3. The van der Waals surface area contributed by atoms with E-state index < -0.39 is 56.7 Å². The highest BCUT2D eigenvalue weighted by Gasteiger charge is 2.55. The quantitative estimate of drug-likeness (QED) is 0.536. The minimum Gasteiger partial charge on any atom is -0.480 e. The number of amides is 1. The number of likely N-dealkylation sites (tertiary alicyclic amines) is 1. The summed E-state index contributed by atoms with van der Waals surface area (Å²) in [6, 6.07) is 2.59. The molecule has 2 N–H and O–H groups in total. The Bertz CT molecular complexity index is 1260. The fraction of sp³-hybridized carbons (Fsp3) is 0.350. The van der Waals surface area contributed by atoms with Crippen LogP contribution in [-0.4, -0.2) is 59.7 Å². The predicted molar refractivity (Wildman–Crippen MR) is 116 cm³/mol. The first kappa shape index (κ1) is 24.0. The van der Waals surface area contributed by atoms with Crippen molar-refractivity contribution in [3.63, 3.8) is 0 Å². The maximum atomic E-state index is 14.6. The van der Waals surface area contributed by atoms with Gasteiger partial charge in [-0.15, -0.1) is 0 Å². The van der Waals surface area contributed by atoms with Crippen LogP contribution in [0.25, 0.3) is 0 Å². The fourth-order valence-corrected chi connectivity index (χ4v) is 7.11. The number of hydrogen-bond donors (Lipinski definition) is 2. The molecule has 2 saturated heterocycles. The Morgan fingerprint density at radius 2 is 2.00 bits per heavy atom. The van der Waals surface area contributed by atoms with Gasteiger partial charge < -0.3 is 10.0 Å². The summed E-state index contributed by atoms with van der Waals surface area (Å²) in [6.45, 7) is -0.0775. The Morgan fingerprint density at radius 3 is 2.55 bits per heavy atom. The third-order valence-corrected chi connectivity index (χ3v) is 9.27. The normalized spacial score (nSPS) is 25.0. The zero-order valence-corrected chi connectivity index (χ0v) is 19.9. The number of nitrogens with one attached hydrogen (secondary N) is 1. The summed E-state index contributed by atoms with van der Waals surface area (Å²) in [5.74, 6) is -3.67. The van der Waals surface area contributed by atoms with Crippen LogP contribution in [-0.2, 0) is 25.0 Å². The Balaban J connectivity index is 1.70. The number of hydrogen-bond acceptors (Lipinski definition) is 6. The monoisotopic (exact) mass is 563 g/mol. The Kier molecular flexibility index (Phi) is 6.23. The van der Waals surface area contributed by atoms with E-state index in [0.717, 1.165) is 29.2 Å². The molecule has 0 spiro atoms. The molecule has 3 atom stereocenters. The summed E-state index contributed by atoms with van der Waals surface area (Å²) in [6.07, 6.45) is 0.938. The maximum Gasteiger partial charge on any atom is 0.326 e. The summed E-state index contributed by atoms with van der Waals surface area (Å²) in [7, 11) is -4.13. The number of rotatable bonds is 5. The van der Waals surface area contributed by atoms with E-state index in [1.165, 1.54) is 6.20 Å². The molecule has 0 radical (unpaired) electrons. The zero-order chi connectivity index (χ0) is 24.1. The van der Waals surface area contributed by atoms with Crippen LogP contribution in [0.3, 0.4) is 0 Å². The molecule has 2 aliphatic rings. The van der Waals surface area contributed by atoms with E-state index >= 15 is 0 Å². The Labute approximate surface area is 201 Å². The summed E-state index contributed by atoms with van der Waals surface area (Å²) >= 11 is 8.79. The van der Waals surface area contributed by atoms with Gasteiger partial charge in [-0.05, 0) is 59.6 Å². The van der Waals surface area contributed by atoms with Crippen molar-refractivity contribution in [2.75, 3.05) is 13.1 Å². The van der Waals surface area contributed by atoms with Gasteiger partial charge in [0.15, 0.2) is 9.84 Å². The van der Waals surface area contributed by atoms with Gasteiger partial charge in [0.05, 0.1) is 15.2 Å². The van der Waals surface area contributed by atoms with Crippen molar-refractivity contribution in [3.8, 4) is 0 Å². The largest absolute Gasteiger partial charge is 0.480 e. The molecule has 0 aliphatic carbocycles. The third-order valence-electron chi connectivity index (χ3n) is 5.95. The van der Waals surface area contributed by atoms with E-state index in [1.807, 2.05) is 0 Å². The van der Waals surface area contributed by atoms with Gasteiger partial charge >= 0.3 is 5.97 Å². The standard InChI is InChI=1S/C20H17BrClF2N3O5S/c21-13-6-11(23)1-2-16(13)33(31,32)12-7-15(18(28)29)27(9-12)19(30)20(3-4-26-20)17-14(24)5-10(22)8-25-17/h1-2,5-6,8,12,15,26H,3-4,7,9H2,(H,28,29)/t12-,15+,20?/m1/s1. The Hall–Kier alpha value is -2.15. The second-order valence-electron chi connectivity index (χ2n) is 7.86. The highest BCUT2D eigenvalue weighted by Crippen LogP contribution is 2.39. The minimum atomic E-state index is -4.13. The van der Waals surface area contributed by atoms with Gasteiger partial charge in [0.25, 0.3) is 0 Å². The van der Waals surface area contributed by atoms with Gasteiger partial charge in [-0.2, -0.15) is 0 Å². The van der Waals surface area contributed by atoms with Crippen molar-refractivity contribution in [1.82, 2.24) is 15.2 Å². The first-order valence-corrected chi connectivity index (χ1v) is 12.5. The van der Waals surface area contributed by atoms with Gasteiger partial charge in [0, 0.05) is 17.2 Å². The molecular formula is C20H17BrClF2N3O5S. The van der Waals surface area contributed by atoms with Gasteiger partial charge in [-0.25, -0.2) is 22.0 Å². The lowest BCUT2D eigenvalue weighted by Crippen LogP contribution is -2.65. The van der Waals surface area contributed by atoms with Gasteiger partial charge in [-0.3, -0.25) is 15.1 Å². The minimum absolute atomic E-state index is 0.0104. The molecule has 3 heterocycles. The Morgan fingerprint density at radius 1 is 1.30 bits per heavy atom. The van der Waals surface area contributed by atoms with Crippen molar-refractivity contribution in [3.05, 3.63) is 57.3 Å². The first-order valence-electron chi connectivity index (χ1n) is 9.77. The average molecular weight is 565 g/mol. The molecule has 1 amide bonds. The lowest BCUT2D eigenvalue weighted by Gasteiger charge is -2.44. The molecule has 33 heavy (non-hydrogen) atoms. The number of nitrogens with zero attached hydrogens (tertiary/aromatic N) is 2. The van der Waals surface area contributed by atoms with Crippen molar-refractivity contribution >= 4 is 49.2 Å². The third kappa shape index (κ3) is 4.02. The summed E-state index contributed by atoms with van der Waals surface area (Å²) in [4.78, 5) is 30.1. The first-order chi connectivity index (χ1) is 15.5. The molecule has 1 aromatic carbocycles. The molecule has 1 aromatic heterocycles. The number of aromatic nitrogens is 1. The average Bonchev–Trinajstić information content (AvgIpc) is 3.15. The predicted octanol–water partition coefficient (Wildman–Crippen LogP) is 2.49. The van der Waals surface area contributed by atoms with E-state index in [4.69, 9.17) is 11.6 Å². The highest BCUT2D eigenvalue weighted by atomic mass is 79.9. The van der Waals surface area contributed by atoms with Crippen LogP contribution in [0.5, 0.6) is 0 Å². The van der Waals surface area contributed by atoms with Crippen LogP contribution in [0.1, 0.15) is 18.5 Å². The molecular weight excluding hydrogens is 548 g/mol. The molecule has 0 saturated carbocycles. The molecule has 0 bridgehead atoms. The van der Waals surface area contributed by atoms with E-state index in [0.29, 0.717) is 6.54 Å². The molecule has 13 heteroatoms. The topological polar surface area (TPSA) is 117 Å². The summed E-state index contributed by atoms with van der Waals surface area (Å²) < 4.78 is 54.5. The van der Waals surface area contributed by atoms with Crippen molar-refractivity contribution < 1.29 is 31.9 Å². The van der Waals surface area contributed by atoms with E-state index in [9.17, 15) is 31.9 Å². The number of carboxylic acids is 1. The van der Waals surface area contributed by atoms with E-state index in [-0.39, 0.29) is 32.9 Å². The zero-order valence-electron chi connectivity index (χ0n) is 16.8. The lowest BCUT2D eigenvalue weighted by atomic mass is 9.82. The van der Waals surface area contributed by atoms with Crippen LogP contribution in [0.15, 0.2) is 39.8 Å². The fourth-order valence-electron chi connectivity index (χ4n) is 4.20. The highest BCUT2D eigenvalue weighted by molar-refractivity contribution is 9.10. The van der Waals surface area contributed by atoms with Crippen LogP contribution in [0.2, 0.25) is 5.02 Å². The van der Waals surface area contributed by atoms with Crippen molar-refractivity contribution in [1.29, 1.82) is 0 Å². The lowest BCUT2D eigenvalue weighted by molar-refractivity contribution is -0.153. The number of carbonyl (C=O) groups is 2. The van der Waals surface area contributed by atoms with Crippen LogP contribution in [0.4, 0.5) is 8.78 Å². The van der Waals surface area contributed by atoms with Gasteiger partial charge in [0.2, 0.25) is 5.91 Å². The number of carbonyl (C=O) groups excluding carboxylic acids is 1. The molecule has 176 valence electrons. The number of carboxylic acid groups (broad SMARTS) is 1. The summed E-state index contributed by atoms with van der Waals surface area (Å²) in [5.41, 5.74) is -1.86. The molecule has 2 aromatic rings. The second kappa shape index (κ2) is 8.57. The van der Waals surface area contributed by atoms with E-state index in [2.05, 4.69) is 26.2 Å². The van der Waals surface area contributed by atoms with Crippen LogP contribution >= 0.6 is 27.5 Å². The van der Waals surface area contributed by atoms with Crippen LogP contribution in [0, 0.1) is 11.6 Å². The smallest absolute Gasteiger partial charge is 0.326 e. The SMILES string of the molecule is O=C(O)[C@@H]1C[C@@H](S(=O)(=O)c2ccc(F)cc2Br)CN1C(=O)C1(c2ncc(Cl)cc2F)CCN1. The number of benzene rings is 1. The van der Waals surface area contributed by atoms with Crippen molar-refractivity contribution in [2.24, 2.45) is 0 Å².